The molecule has 2 aliphatic rings. The SMILES string of the molecule is C=C1CN2CC(F)CC2(C(C)(C)C)C1. The molecule has 0 aromatic carbocycles. The van der Waals surface area contributed by atoms with E-state index in [-0.39, 0.29) is 11.0 Å². The first-order chi connectivity index (χ1) is 6.35. The molecule has 2 heterocycles. The van der Waals surface area contributed by atoms with Crippen molar-refractivity contribution in [3.8, 4) is 0 Å². The molecule has 0 radical (unpaired) electrons. The Balaban J connectivity index is 2.34. The maximum Gasteiger partial charge on any atom is 0.115 e. The second-order valence-corrected chi connectivity index (χ2v) is 5.89. The Morgan fingerprint density at radius 3 is 2.64 bits per heavy atom. The van der Waals surface area contributed by atoms with Crippen molar-refractivity contribution >= 4 is 0 Å². The molecular weight excluding hydrogens is 177 g/mol. The fraction of sp³-hybridized carbons (Fsp3) is 0.833. The summed E-state index contributed by atoms with van der Waals surface area (Å²) in [5.74, 6) is 0. The summed E-state index contributed by atoms with van der Waals surface area (Å²) < 4.78 is 13.5. The zero-order valence-electron chi connectivity index (χ0n) is 9.44. The second kappa shape index (κ2) is 2.82. The quantitative estimate of drug-likeness (QED) is 0.540. The van der Waals surface area contributed by atoms with Gasteiger partial charge in [-0.05, 0) is 18.3 Å². The Morgan fingerprint density at radius 1 is 1.50 bits per heavy atom. The first-order valence-corrected chi connectivity index (χ1v) is 5.41. The predicted octanol–water partition coefficient (Wildman–Crippen LogP) is 2.78. The number of hydrogen-bond donors (Lipinski definition) is 0. The first kappa shape index (κ1) is 10.2. The highest BCUT2D eigenvalue weighted by atomic mass is 19.1. The van der Waals surface area contributed by atoms with Crippen LogP contribution in [0.2, 0.25) is 0 Å². The van der Waals surface area contributed by atoms with Crippen LogP contribution in [0, 0.1) is 5.41 Å². The van der Waals surface area contributed by atoms with Gasteiger partial charge in [-0.15, -0.1) is 0 Å². The highest BCUT2D eigenvalue weighted by molar-refractivity contribution is 5.22. The molecule has 0 saturated carbocycles. The van der Waals surface area contributed by atoms with Crippen LogP contribution in [0.4, 0.5) is 4.39 Å². The van der Waals surface area contributed by atoms with E-state index in [1.165, 1.54) is 5.57 Å². The predicted molar refractivity (Wildman–Crippen MR) is 57.0 cm³/mol. The molecule has 2 unspecified atom stereocenters. The van der Waals surface area contributed by atoms with Crippen LogP contribution in [-0.2, 0) is 0 Å². The maximum atomic E-state index is 13.5. The standard InChI is InChI=1S/C12H20FN/c1-9-5-12(11(2,3)4)6-10(13)8-14(12)7-9/h10H,1,5-8H2,2-4H3. The van der Waals surface area contributed by atoms with E-state index in [0.29, 0.717) is 13.0 Å². The minimum absolute atomic E-state index is 0.0451. The van der Waals surface area contributed by atoms with Crippen LogP contribution in [0.1, 0.15) is 33.6 Å². The number of hydrogen-bond acceptors (Lipinski definition) is 1. The largest absolute Gasteiger partial charge is 0.290 e. The molecule has 2 heteroatoms. The van der Waals surface area contributed by atoms with Crippen LogP contribution in [-0.4, -0.2) is 29.7 Å². The summed E-state index contributed by atoms with van der Waals surface area (Å²) >= 11 is 0. The molecule has 2 fully saturated rings. The van der Waals surface area contributed by atoms with Crippen LogP contribution in [0.3, 0.4) is 0 Å². The third kappa shape index (κ3) is 1.23. The van der Waals surface area contributed by atoms with Gasteiger partial charge in [0.05, 0.1) is 0 Å². The minimum Gasteiger partial charge on any atom is -0.290 e. The van der Waals surface area contributed by atoms with Crippen molar-refractivity contribution in [2.24, 2.45) is 5.41 Å². The number of halogens is 1. The third-order valence-corrected chi connectivity index (χ3v) is 3.94. The van der Waals surface area contributed by atoms with Crippen molar-refractivity contribution in [1.82, 2.24) is 4.90 Å². The van der Waals surface area contributed by atoms with Gasteiger partial charge in [-0.3, -0.25) is 4.90 Å². The van der Waals surface area contributed by atoms with Crippen molar-refractivity contribution < 1.29 is 4.39 Å². The molecule has 0 aliphatic carbocycles. The molecular formula is C12H20FN. The Bertz CT molecular complexity index is 266. The second-order valence-electron chi connectivity index (χ2n) is 5.89. The van der Waals surface area contributed by atoms with E-state index in [0.717, 1.165) is 13.0 Å². The summed E-state index contributed by atoms with van der Waals surface area (Å²) in [7, 11) is 0. The molecule has 0 spiro atoms. The number of nitrogens with zero attached hydrogens (tertiary/aromatic N) is 1. The van der Waals surface area contributed by atoms with E-state index in [1.807, 2.05) is 0 Å². The zero-order chi connectivity index (χ0) is 10.6. The third-order valence-electron chi connectivity index (χ3n) is 3.94. The number of rotatable bonds is 0. The van der Waals surface area contributed by atoms with Gasteiger partial charge >= 0.3 is 0 Å². The fourth-order valence-electron chi connectivity index (χ4n) is 3.16. The summed E-state index contributed by atoms with van der Waals surface area (Å²) in [6.07, 6.45) is 1.04. The van der Waals surface area contributed by atoms with Gasteiger partial charge in [-0.2, -0.15) is 0 Å². The van der Waals surface area contributed by atoms with E-state index >= 15 is 0 Å². The lowest BCUT2D eigenvalue weighted by Gasteiger charge is -2.43. The number of fused-ring (bicyclic) bond motifs is 1. The minimum atomic E-state index is -0.637. The summed E-state index contributed by atoms with van der Waals surface area (Å²) in [4.78, 5) is 2.31. The normalized spacial score (nSPS) is 39.1. The molecule has 2 saturated heterocycles. The maximum absolute atomic E-state index is 13.5. The summed E-state index contributed by atoms with van der Waals surface area (Å²) in [6.45, 7) is 12.2. The van der Waals surface area contributed by atoms with Crippen molar-refractivity contribution in [3.63, 3.8) is 0 Å². The summed E-state index contributed by atoms with van der Waals surface area (Å²) in [5.41, 5.74) is 1.46. The highest BCUT2D eigenvalue weighted by Crippen LogP contribution is 2.51. The molecule has 80 valence electrons. The fourth-order valence-corrected chi connectivity index (χ4v) is 3.16. The van der Waals surface area contributed by atoms with E-state index in [4.69, 9.17) is 0 Å². The van der Waals surface area contributed by atoms with Gasteiger partial charge in [0.2, 0.25) is 0 Å². The van der Waals surface area contributed by atoms with E-state index in [2.05, 4.69) is 32.3 Å². The van der Waals surface area contributed by atoms with E-state index in [1.54, 1.807) is 0 Å². The Hall–Kier alpha value is -0.370. The average molecular weight is 197 g/mol. The monoisotopic (exact) mass is 197 g/mol. The van der Waals surface area contributed by atoms with Crippen LogP contribution >= 0.6 is 0 Å². The van der Waals surface area contributed by atoms with Crippen molar-refractivity contribution in [2.75, 3.05) is 13.1 Å². The summed E-state index contributed by atoms with van der Waals surface area (Å²) in [6, 6.07) is 0. The van der Waals surface area contributed by atoms with E-state index in [9.17, 15) is 4.39 Å². The van der Waals surface area contributed by atoms with Crippen molar-refractivity contribution in [1.29, 1.82) is 0 Å². The van der Waals surface area contributed by atoms with Gasteiger partial charge in [0.15, 0.2) is 0 Å². The van der Waals surface area contributed by atoms with Crippen LogP contribution < -0.4 is 0 Å². The average Bonchev–Trinajstić information content (AvgIpc) is 2.38. The zero-order valence-corrected chi connectivity index (χ0v) is 9.44. The lowest BCUT2D eigenvalue weighted by atomic mass is 9.70. The molecule has 0 aromatic rings. The molecule has 2 aliphatic heterocycles. The van der Waals surface area contributed by atoms with Gasteiger partial charge < -0.3 is 0 Å². The number of alkyl halides is 1. The van der Waals surface area contributed by atoms with Crippen molar-refractivity contribution in [2.45, 2.75) is 45.3 Å². The molecule has 0 aromatic heterocycles. The van der Waals surface area contributed by atoms with Gasteiger partial charge in [-0.25, -0.2) is 4.39 Å². The summed E-state index contributed by atoms with van der Waals surface area (Å²) in [5, 5.41) is 0. The van der Waals surface area contributed by atoms with Gasteiger partial charge in [-0.1, -0.05) is 32.9 Å². The lowest BCUT2D eigenvalue weighted by Crippen LogP contribution is -2.48. The van der Waals surface area contributed by atoms with Crippen LogP contribution in [0.15, 0.2) is 12.2 Å². The highest BCUT2D eigenvalue weighted by Gasteiger charge is 2.55. The van der Waals surface area contributed by atoms with E-state index < -0.39 is 6.17 Å². The van der Waals surface area contributed by atoms with Gasteiger partial charge in [0, 0.05) is 18.6 Å². The molecule has 2 atom stereocenters. The first-order valence-electron chi connectivity index (χ1n) is 5.41. The molecule has 0 amide bonds. The molecule has 1 nitrogen and oxygen atoms in total. The molecule has 0 N–H and O–H groups in total. The van der Waals surface area contributed by atoms with Gasteiger partial charge in [0.1, 0.15) is 6.17 Å². The Kier molecular flexibility index (Phi) is 2.04. The van der Waals surface area contributed by atoms with Crippen LogP contribution in [0.5, 0.6) is 0 Å². The Morgan fingerprint density at radius 2 is 2.14 bits per heavy atom. The van der Waals surface area contributed by atoms with Gasteiger partial charge in [0.25, 0.3) is 0 Å². The molecule has 14 heavy (non-hydrogen) atoms. The smallest absolute Gasteiger partial charge is 0.115 e. The van der Waals surface area contributed by atoms with Crippen molar-refractivity contribution in [3.05, 3.63) is 12.2 Å². The molecule has 0 bridgehead atoms. The van der Waals surface area contributed by atoms with Crippen LogP contribution in [0.25, 0.3) is 0 Å². The molecule has 2 rings (SSSR count). The topological polar surface area (TPSA) is 3.24 Å². The lowest BCUT2D eigenvalue weighted by molar-refractivity contribution is 0.0639. The Labute approximate surface area is 86.0 Å².